The first-order valence-corrected chi connectivity index (χ1v) is 6.80. The van der Waals surface area contributed by atoms with Gasteiger partial charge < -0.3 is 14.1 Å². The molecule has 0 aromatic heterocycles. The lowest BCUT2D eigenvalue weighted by Crippen LogP contribution is -2.15. The average molecular weight is 283 g/mol. The highest BCUT2D eigenvalue weighted by molar-refractivity contribution is 5.80. The molecule has 1 heterocycles. The van der Waals surface area contributed by atoms with Crippen LogP contribution in [0.3, 0.4) is 0 Å². The fraction of sp³-hybridized carbons (Fsp3) is 0.250. The van der Waals surface area contributed by atoms with Crippen molar-refractivity contribution < 1.29 is 9.15 Å². The van der Waals surface area contributed by atoms with Gasteiger partial charge in [0.25, 0.3) is 0 Å². The highest BCUT2D eigenvalue weighted by Gasteiger charge is 2.12. The van der Waals surface area contributed by atoms with Crippen LogP contribution in [-0.2, 0) is 0 Å². The van der Waals surface area contributed by atoms with Gasteiger partial charge in [-0.05, 0) is 19.1 Å². The summed E-state index contributed by atoms with van der Waals surface area (Å²) >= 11 is 0. The number of anilines is 1. The minimum Gasteiger partial charge on any atom is -0.494 e. The van der Waals surface area contributed by atoms with Crippen molar-refractivity contribution in [2.24, 2.45) is 0 Å². The van der Waals surface area contributed by atoms with Crippen molar-refractivity contribution >= 4 is 16.8 Å². The van der Waals surface area contributed by atoms with Crippen LogP contribution in [0.5, 0.6) is 5.75 Å². The zero-order valence-electron chi connectivity index (χ0n) is 12.3. The van der Waals surface area contributed by atoms with Crippen molar-refractivity contribution in [1.82, 2.24) is 4.98 Å². The Balaban J connectivity index is 2.24. The third kappa shape index (κ3) is 2.31. The van der Waals surface area contributed by atoms with Gasteiger partial charge in [-0.15, -0.1) is 0 Å². The van der Waals surface area contributed by atoms with Crippen LogP contribution in [-0.4, -0.2) is 25.7 Å². The van der Waals surface area contributed by atoms with Crippen LogP contribution in [0, 0.1) is 5.41 Å². The third-order valence-corrected chi connectivity index (χ3v) is 3.60. The Morgan fingerprint density at radius 2 is 2.10 bits per heavy atom. The molecule has 0 spiro atoms. The van der Waals surface area contributed by atoms with E-state index in [9.17, 15) is 0 Å². The van der Waals surface area contributed by atoms with Crippen molar-refractivity contribution in [2.75, 3.05) is 25.6 Å². The lowest BCUT2D eigenvalue weighted by molar-refractivity contribution is 0.408. The average Bonchev–Trinajstić information content (AvgIpc) is 2.51. The third-order valence-electron chi connectivity index (χ3n) is 3.60. The second kappa shape index (κ2) is 5.09. The summed E-state index contributed by atoms with van der Waals surface area (Å²) in [6.45, 7) is 3.01. The number of benzene rings is 2. The SMILES string of the molecule is CCN(C)c1ccc2nc3cc(OC)c(=N)cc-3oc2c1. The topological polar surface area (TPSA) is 62.4 Å². The predicted molar refractivity (Wildman–Crippen MR) is 82.0 cm³/mol. The second-order valence-electron chi connectivity index (χ2n) is 4.90. The molecule has 0 bridgehead atoms. The first kappa shape index (κ1) is 13.4. The molecule has 3 rings (SSSR count). The first-order valence-electron chi connectivity index (χ1n) is 6.80. The number of ether oxygens (including phenoxy) is 1. The van der Waals surface area contributed by atoms with E-state index in [1.165, 1.54) is 0 Å². The predicted octanol–water partition coefficient (Wildman–Crippen LogP) is 2.88. The van der Waals surface area contributed by atoms with Gasteiger partial charge in [-0.3, -0.25) is 5.41 Å². The van der Waals surface area contributed by atoms with E-state index in [0.29, 0.717) is 22.8 Å². The minimum absolute atomic E-state index is 0.289. The highest BCUT2D eigenvalue weighted by atomic mass is 16.5. The molecule has 2 aliphatic rings. The maximum atomic E-state index is 7.88. The fourth-order valence-electron chi connectivity index (χ4n) is 2.23. The van der Waals surface area contributed by atoms with Crippen molar-refractivity contribution in [2.45, 2.75) is 6.92 Å². The van der Waals surface area contributed by atoms with Crippen LogP contribution in [0.1, 0.15) is 6.92 Å². The van der Waals surface area contributed by atoms with Gasteiger partial charge in [0.15, 0.2) is 11.3 Å². The summed E-state index contributed by atoms with van der Waals surface area (Å²) in [4.78, 5) is 6.71. The molecule has 5 heteroatoms. The Morgan fingerprint density at radius 3 is 2.81 bits per heavy atom. The van der Waals surface area contributed by atoms with Crippen LogP contribution in [0.15, 0.2) is 34.7 Å². The zero-order valence-corrected chi connectivity index (χ0v) is 12.3. The molecule has 0 fully saturated rings. The second-order valence-corrected chi connectivity index (χ2v) is 4.90. The number of methoxy groups -OCH3 is 1. The summed E-state index contributed by atoms with van der Waals surface area (Å²) in [5, 5.41) is 8.17. The van der Waals surface area contributed by atoms with Crippen LogP contribution >= 0.6 is 0 Å². The molecule has 0 atom stereocenters. The van der Waals surface area contributed by atoms with Gasteiger partial charge in [-0.1, -0.05) is 0 Å². The van der Waals surface area contributed by atoms with Crippen molar-refractivity contribution in [3.05, 3.63) is 35.7 Å². The molecule has 5 nitrogen and oxygen atoms in total. The summed E-state index contributed by atoms with van der Waals surface area (Å²) in [5.74, 6) is 1.08. The molecule has 1 N–H and O–H groups in total. The molecule has 1 aromatic carbocycles. The summed E-state index contributed by atoms with van der Waals surface area (Å²) in [6, 6.07) is 9.31. The van der Waals surface area contributed by atoms with Crippen LogP contribution in [0.4, 0.5) is 5.69 Å². The van der Waals surface area contributed by atoms with Gasteiger partial charge in [-0.25, -0.2) is 4.98 Å². The Bertz CT molecular complexity index is 826. The smallest absolute Gasteiger partial charge is 0.155 e. The first-order chi connectivity index (χ1) is 10.1. The molecule has 0 saturated carbocycles. The molecule has 1 aliphatic heterocycles. The number of hydrogen-bond donors (Lipinski definition) is 1. The van der Waals surface area contributed by atoms with Crippen molar-refractivity contribution in [3.63, 3.8) is 0 Å². The Morgan fingerprint density at radius 1 is 1.29 bits per heavy atom. The van der Waals surface area contributed by atoms with Gasteiger partial charge in [-0.2, -0.15) is 0 Å². The summed E-state index contributed by atoms with van der Waals surface area (Å²) in [7, 11) is 3.58. The van der Waals surface area contributed by atoms with Crippen molar-refractivity contribution in [1.29, 1.82) is 5.41 Å². The Kier molecular flexibility index (Phi) is 3.25. The molecule has 0 saturated heterocycles. The monoisotopic (exact) mass is 283 g/mol. The minimum atomic E-state index is 0.289. The Hall–Kier alpha value is -2.56. The van der Waals surface area contributed by atoms with E-state index in [-0.39, 0.29) is 5.36 Å². The van der Waals surface area contributed by atoms with Crippen LogP contribution < -0.4 is 15.0 Å². The summed E-state index contributed by atoms with van der Waals surface area (Å²) < 4.78 is 11.1. The maximum Gasteiger partial charge on any atom is 0.155 e. The van der Waals surface area contributed by atoms with E-state index >= 15 is 0 Å². The quantitative estimate of drug-likeness (QED) is 0.751. The lowest BCUT2D eigenvalue weighted by atomic mass is 10.2. The molecule has 21 heavy (non-hydrogen) atoms. The summed E-state index contributed by atoms with van der Waals surface area (Å²) in [6.07, 6.45) is 0. The van der Waals surface area contributed by atoms with Gasteiger partial charge in [0.05, 0.1) is 12.5 Å². The largest absolute Gasteiger partial charge is 0.494 e. The van der Waals surface area contributed by atoms with E-state index in [1.54, 1.807) is 19.2 Å². The highest BCUT2D eigenvalue weighted by Crippen LogP contribution is 2.28. The van der Waals surface area contributed by atoms with Gasteiger partial charge in [0.1, 0.15) is 17.0 Å². The zero-order chi connectivity index (χ0) is 15.0. The van der Waals surface area contributed by atoms with Crippen LogP contribution in [0.25, 0.3) is 22.6 Å². The van der Waals surface area contributed by atoms with E-state index in [1.807, 2.05) is 25.2 Å². The number of nitrogens with one attached hydrogen (secondary N) is 1. The van der Waals surface area contributed by atoms with Crippen molar-refractivity contribution in [3.8, 4) is 17.2 Å². The van der Waals surface area contributed by atoms with Gasteiger partial charge in [0.2, 0.25) is 0 Å². The molecule has 0 radical (unpaired) electrons. The van der Waals surface area contributed by atoms with E-state index in [2.05, 4.69) is 16.8 Å². The van der Waals surface area contributed by atoms with E-state index < -0.39 is 0 Å². The molecule has 108 valence electrons. The maximum absolute atomic E-state index is 7.88. The summed E-state index contributed by atoms with van der Waals surface area (Å²) in [5.41, 5.74) is 3.27. The van der Waals surface area contributed by atoms with Gasteiger partial charge in [0, 0.05) is 37.5 Å². The lowest BCUT2D eigenvalue weighted by Gasteiger charge is -2.17. The van der Waals surface area contributed by atoms with E-state index in [4.69, 9.17) is 14.6 Å². The molecule has 1 aromatic rings. The van der Waals surface area contributed by atoms with E-state index in [0.717, 1.165) is 17.7 Å². The molecular formula is C16H17N3O2. The number of hydrogen-bond acceptors (Lipinski definition) is 5. The van der Waals surface area contributed by atoms with Crippen LogP contribution in [0.2, 0.25) is 0 Å². The number of fused-ring (bicyclic) bond motifs is 2. The normalized spacial score (nSPS) is 11.0. The standard InChI is InChI=1S/C16H17N3O2/c1-4-19(2)10-5-6-12-15(7-10)21-16-8-11(17)14(20-3)9-13(16)18-12/h5-9,17H,4H2,1-3H3. The number of aromatic nitrogens is 1. The number of nitrogens with zero attached hydrogens (tertiary/aromatic N) is 2. The molecule has 0 amide bonds. The Labute approximate surface area is 122 Å². The molecule has 1 aliphatic carbocycles. The van der Waals surface area contributed by atoms with Gasteiger partial charge >= 0.3 is 0 Å². The number of rotatable bonds is 3. The fourth-order valence-corrected chi connectivity index (χ4v) is 2.23. The molecule has 0 unspecified atom stereocenters. The molecular weight excluding hydrogens is 266 g/mol.